The number of halogens is 2. The van der Waals surface area contributed by atoms with E-state index in [2.05, 4.69) is 48.6 Å². The van der Waals surface area contributed by atoms with Gasteiger partial charge in [0.2, 0.25) is 29.5 Å². The van der Waals surface area contributed by atoms with Gasteiger partial charge in [0, 0.05) is 72.5 Å². The van der Waals surface area contributed by atoms with Crippen molar-refractivity contribution in [3.05, 3.63) is 99.4 Å². The SMILES string of the molecule is CC(C)(C)c1ccc(N(CCC(=O)NCCCC#Cc2cccc3c2CN(C2CCC(=O)NC2=O)C3=O)C(=O)[C@@H]2CCCN2C(=O)C(NC(=O)c2cc3cc(C(F)(F)P(=O)(O)O)ccc3s2)C(C)(C)C)cc1. The number of hydrogen-bond donors (Lipinski definition) is 5. The van der Waals surface area contributed by atoms with Gasteiger partial charge in [0.1, 0.15) is 18.1 Å². The molecule has 5 N–H and O–H groups in total. The van der Waals surface area contributed by atoms with E-state index in [0.29, 0.717) is 53.7 Å². The molecule has 0 spiro atoms. The third-order valence-electron chi connectivity index (χ3n) is 13.1. The summed E-state index contributed by atoms with van der Waals surface area (Å²) in [6, 6.07) is 14.3. The summed E-state index contributed by atoms with van der Waals surface area (Å²) in [5.41, 5.74) is -2.99. The zero-order chi connectivity index (χ0) is 52.5. The van der Waals surface area contributed by atoms with E-state index in [1.807, 2.05) is 30.3 Å². The number of imide groups is 1. The molecule has 0 radical (unpaired) electrons. The summed E-state index contributed by atoms with van der Waals surface area (Å²) in [7, 11) is -5.84. The predicted molar refractivity (Wildman–Crippen MR) is 267 cm³/mol. The second-order valence-electron chi connectivity index (χ2n) is 20.4. The van der Waals surface area contributed by atoms with Gasteiger partial charge in [-0.3, -0.25) is 43.4 Å². The zero-order valence-electron chi connectivity index (χ0n) is 41.0. The summed E-state index contributed by atoms with van der Waals surface area (Å²) in [4.78, 5) is 117. The van der Waals surface area contributed by atoms with E-state index in [1.165, 1.54) is 26.8 Å². The Morgan fingerprint density at radius 2 is 1.67 bits per heavy atom. The van der Waals surface area contributed by atoms with Crippen molar-refractivity contribution in [1.29, 1.82) is 0 Å². The van der Waals surface area contributed by atoms with E-state index in [-0.39, 0.29) is 72.3 Å². The molecule has 0 saturated carbocycles. The van der Waals surface area contributed by atoms with Gasteiger partial charge in [0.05, 0.1) is 4.88 Å². The van der Waals surface area contributed by atoms with Crippen molar-refractivity contribution < 1.29 is 56.7 Å². The first-order valence-corrected chi connectivity index (χ1v) is 26.2. The lowest BCUT2D eigenvalue weighted by Gasteiger charge is -2.36. The molecule has 20 heteroatoms. The first-order chi connectivity index (χ1) is 33.8. The van der Waals surface area contributed by atoms with E-state index in [0.717, 1.165) is 34.6 Å². The maximum atomic E-state index is 14.7. The number of nitrogens with one attached hydrogen (secondary N) is 3. The maximum absolute atomic E-state index is 14.7. The first kappa shape index (κ1) is 53.5. The Hall–Kier alpha value is -6.32. The number of likely N-dealkylation sites (tertiary alicyclic amines) is 1. The molecule has 72 heavy (non-hydrogen) atoms. The average molecular weight is 1030 g/mol. The highest BCUT2D eigenvalue weighted by atomic mass is 32.1. The van der Waals surface area contributed by atoms with Crippen LogP contribution in [0.15, 0.2) is 66.7 Å². The fourth-order valence-corrected chi connectivity index (χ4v) is 10.5. The molecule has 16 nitrogen and oxygen atoms in total. The van der Waals surface area contributed by atoms with E-state index < -0.39 is 66.0 Å². The number of carbonyl (C=O) groups is 7. The van der Waals surface area contributed by atoms with Crippen molar-refractivity contribution >= 4 is 76.1 Å². The first-order valence-electron chi connectivity index (χ1n) is 23.8. The van der Waals surface area contributed by atoms with Crippen LogP contribution in [-0.4, -0.2) is 98.7 Å². The number of piperidine rings is 1. The van der Waals surface area contributed by atoms with E-state index in [4.69, 9.17) is 0 Å². The fourth-order valence-electron chi connectivity index (χ4n) is 9.07. The minimum absolute atomic E-state index is 0.00126. The van der Waals surface area contributed by atoms with E-state index in [1.54, 1.807) is 32.9 Å². The van der Waals surface area contributed by atoms with Crippen LogP contribution in [0.3, 0.4) is 0 Å². The normalized spacial score (nSPS) is 17.8. The van der Waals surface area contributed by atoms with Gasteiger partial charge in [-0.15, -0.1) is 11.3 Å². The molecule has 7 amide bonds. The zero-order valence-corrected chi connectivity index (χ0v) is 42.7. The Balaban J connectivity index is 0.995. The van der Waals surface area contributed by atoms with Crippen LogP contribution in [0.2, 0.25) is 0 Å². The lowest BCUT2D eigenvalue weighted by Crippen LogP contribution is -2.58. The fraction of sp³-hybridized carbons (Fsp3) is 0.442. The summed E-state index contributed by atoms with van der Waals surface area (Å²) in [6.07, 6.45) is 2.12. The predicted octanol–water partition coefficient (Wildman–Crippen LogP) is 6.69. The number of amides is 7. The van der Waals surface area contributed by atoms with Gasteiger partial charge in [-0.1, -0.05) is 77.6 Å². The monoisotopic (exact) mass is 1030 g/mol. The number of fused-ring (bicyclic) bond motifs is 2. The van der Waals surface area contributed by atoms with Crippen LogP contribution in [0.25, 0.3) is 10.1 Å². The van der Waals surface area contributed by atoms with Gasteiger partial charge in [-0.2, -0.15) is 8.78 Å². The lowest BCUT2D eigenvalue weighted by molar-refractivity contribution is -0.141. The minimum atomic E-state index is -5.84. The smallest absolute Gasteiger partial charge is 0.356 e. The molecule has 2 fully saturated rings. The van der Waals surface area contributed by atoms with Crippen LogP contribution < -0.4 is 20.9 Å². The molecule has 3 aliphatic rings. The van der Waals surface area contributed by atoms with Crippen LogP contribution in [0, 0.1) is 17.3 Å². The number of rotatable bonds is 14. The summed E-state index contributed by atoms with van der Waals surface area (Å²) in [5, 5.41) is 8.19. The van der Waals surface area contributed by atoms with Crippen molar-refractivity contribution in [2.45, 2.75) is 122 Å². The maximum Gasteiger partial charge on any atom is 0.399 e. The van der Waals surface area contributed by atoms with Gasteiger partial charge in [0.25, 0.3) is 11.8 Å². The molecule has 3 atom stereocenters. The second-order valence-corrected chi connectivity index (χ2v) is 23.2. The van der Waals surface area contributed by atoms with Gasteiger partial charge in [0.15, 0.2) is 0 Å². The highest BCUT2D eigenvalue weighted by Crippen LogP contribution is 2.59. The van der Waals surface area contributed by atoms with Gasteiger partial charge in [-0.05, 0) is 95.5 Å². The molecule has 3 aromatic carbocycles. The molecule has 2 saturated heterocycles. The Morgan fingerprint density at radius 1 is 0.958 bits per heavy atom. The van der Waals surface area contributed by atoms with Crippen molar-refractivity contribution in [1.82, 2.24) is 25.8 Å². The quantitative estimate of drug-likeness (QED) is 0.0390. The third-order valence-corrected chi connectivity index (χ3v) is 15.2. The molecule has 0 bridgehead atoms. The van der Waals surface area contributed by atoms with Gasteiger partial charge < -0.3 is 35.1 Å². The number of benzene rings is 3. The molecule has 7 rings (SSSR count). The number of alkyl halides is 2. The summed E-state index contributed by atoms with van der Waals surface area (Å²) in [5.74, 6) is 3.25. The molecule has 3 aliphatic heterocycles. The number of unbranched alkanes of at least 4 members (excludes halogenated alkanes) is 1. The average Bonchev–Trinajstić information content (AvgIpc) is 4.06. The minimum Gasteiger partial charge on any atom is -0.356 e. The topological polar surface area (TPSA) is 223 Å². The Morgan fingerprint density at radius 3 is 2.33 bits per heavy atom. The van der Waals surface area contributed by atoms with Crippen molar-refractivity contribution in [3.63, 3.8) is 0 Å². The summed E-state index contributed by atoms with van der Waals surface area (Å²) in [6.45, 7) is 12.2. The lowest BCUT2D eigenvalue weighted by atomic mass is 9.85. The molecule has 4 aromatic rings. The van der Waals surface area contributed by atoms with E-state index in [9.17, 15) is 56.7 Å². The Bertz CT molecular complexity index is 2930. The van der Waals surface area contributed by atoms with Crippen LogP contribution in [0.1, 0.15) is 129 Å². The number of hydrogen-bond acceptors (Lipinski definition) is 9. The highest BCUT2D eigenvalue weighted by Gasteiger charge is 2.50. The summed E-state index contributed by atoms with van der Waals surface area (Å²) >= 11 is 0.958. The molecule has 4 heterocycles. The van der Waals surface area contributed by atoms with E-state index >= 15 is 0 Å². The van der Waals surface area contributed by atoms with Crippen LogP contribution in [0.4, 0.5) is 14.5 Å². The van der Waals surface area contributed by atoms with Crippen molar-refractivity contribution in [3.8, 4) is 11.8 Å². The largest absolute Gasteiger partial charge is 0.399 e. The van der Waals surface area contributed by atoms with Crippen molar-refractivity contribution in [2.24, 2.45) is 5.41 Å². The van der Waals surface area contributed by atoms with Gasteiger partial charge in [-0.25, -0.2) is 0 Å². The molecule has 382 valence electrons. The molecule has 0 aliphatic carbocycles. The number of carbonyl (C=O) groups excluding carboxylic acids is 7. The Labute approximate surface area is 420 Å². The number of thiophene rings is 1. The van der Waals surface area contributed by atoms with Crippen molar-refractivity contribution in [2.75, 3.05) is 24.5 Å². The van der Waals surface area contributed by atoms with Crippen LogP contribution in [0.5, 0.6) is 0 Å². The third kappa shape index (κ3) is 11.6. The second kappa shape index (κ2) is 21.0. The Kier molecular flexibility index (Phi) is 15.6. The molecule has 1 aromatic heterocycles. The summed E-state index contributed by atoms with van der Waals surface area (Å²) < 4.78 is 41.0. The standard InChI is InChI=1S/C52H59F2N6O10PS/c1-50(2,3)33-16-19-35(20-17-33)58(27-24-42(61)55-25-9-7-8-12-31-13-10-14-36-37(31)30-60(47(36)65)38-21-23-43(62)56-45(38)63)48(66)39-15-11-26-59(39)49(67)44(51(4,5)6)57-46(64)41-29-32-28-34(18-22-40(32)72-41)52(53,54)71(68,69)70/h10,13-14,16-20,22,28-29,38-39,44H,7,9,11,15,21,23-27,30H2,1-6H3,(H,55,61)(H,57,64)(H,56,62,63)(H2,68,69,70)/t38?,39-,44?/m0/s1. The van der Waals surface area contributed by atoms with Gasteiger partial charge >= 0.3 is 13.3 Å². The molecular weight excluding hydrogens is 970 g/mol. The number of nitrogens with zero attached hydrogens (tertiary/aromatic N) is 3. The highest BCUT2D eigenvalue weighted by molar-refractivity contribution is 7.52. The molecule has 2 unspecified atom stereocenters. The van der Waals surface area contributed by atoms with Crippen LogP contribution in [-0.2, 0) is 46.2 Å². The van der Waals surface area contributed by atoms with Crippen LogP contribution >= 0.6 is 18.9 Å². The number of anilines is 1. The molecular formula is C52H59F2N6O10PS.